The molecule has 1 fully saturated rings. The van der Waals surface area contributed by atoms with E-state index in [0.717, 1.165) is 59.1 Å². The lowest BCUT2D eigenvalue weighted by Gasteiger charge is -2.29. The average molecular weight is 527 g/mol. The number of aromatic nitrogens is 4. The molecular formula is C30H38N8O. The molecular weight excluding hydrogens is 488 g/mol. The van der Waals surface area contributed by atoms with Gasteiger partial charge in [-0.05, 0) is 67.9 Å². The highest BCUT2D eigenvalue weighted by Crippen LogP contribution is 2.27. The monoisotopic (exact) mass is 526 g/mol. The van der Waals surface area contributed by atoms with Crippen LogP contribution >= 0.6 is 0 Å². The minimum Gasteiger partial charge on any atom is -0.364 e. The third kappa shape index (κ3) is 6.37. The number of benzene rings is 2. The molecule has 5 N–H and O–H groups in total. The molecule has 9 nitrogen and oxygen atoms in total. The molecule has 9 heteroatoms. The standard InChI is InChI=1S/C30H38N8O/c1-19(2)38-18-33-27-28(32-17-21-7-9-23(10-8-21)24-6-4-5-22(15-24)16-31)36-30(37-29(27)38)35-26-13-11-25(12-14-26)34-20(3)39/h4-10,15,18-19,25-26H,11-14,16-17,31H2,1-3H3,(H,34,39)(H2,32,35,36,37). The highest BCUT2D eigenvalue weighted by molar-refractivity contribution is 5.84. The Morgan fingerprint density at radius 3 is 2.44 bits per heavy atom. The lowest BCUT2D eigenvalue weighted by Crippen LogP contribution is -2.39. The first-order valence-corrected chi connectivity index (χ1v) is 13.8. The molecule has 1 saturated carbocycles. The summed E-state index contributed by atoms with van der Waals surface area (Å²) in [7, 11) is 0. The number of nitrogens with zero attached hydrogens (tertiary/aromatic N) is 4. The Bertz CT molecular complexity index is 1420. The SMILES string of the molecule is CC(=O)NC1CCC(Nc2nc(NCc3ccc(-c4cccc(CN)c4)cc3)c3ncn(C(C)C)c3n2)CC1. The lowest BCUT2D eigenvalue weighted by atomic mass is 9.91. The topological polar surface area (TPSA) is 123 Å². The maximum Gasteiger partial charge on any atom is 0.227 e. The summed E-state index contributed by atoms with van der Waals surface area (Å²) >= 11 is 0. The molecule has 2 heterocycles. The van der Waals surface area contributed by atoms with E-state index in [1.165, 1.54) is 0 Å². The van der Waals surface area contributed by atoms with Crippen molar-refractivity contribution < 1.29 is 4.79 Å². The van der Waals surface area contributed by atoms with E-state index in [1.54, 1.807) is 6.92 Å². The largest absolute Gasteiger partial charge is 0.364 e. The van der Waals surface area contributed by atoms with Gasteiger partial charge in [-0.3, -0.25) is 4.79 Å². The zero-order chi connectivity index (χ0) is 27.4. The number of fused-ring (bicyclic) bond motifs is 1. The number of rotatable bonds is 9. The normalized spacial score (nSPS) is 17.4. The second kappa shape index (κ2) is 11.8. The molecule has 2 aromatic heterocycles. The van der Waals surface area contributed by atoms with Crippen molar-refractivity contribution in [1.29, 1.82) is 0 Å². The number of anilines is 2. The summed E-state index contributed by atoms with van der Waals surface area (Å²) in [5.41, 5.74) is 12.0. The molecule has 1 aliphatic carbocycles. The van der Waals surface area contributed by atoms with E-state index in [1.807, 2.05) is 18.5 Å². The Morgan fingerprint density at radius 2 is 1.74 bits per heavy atom. The number of carbonyl (C=O) groups is 1. The van der Waals surface area contributed by atoms with Crippen LogP contribution < -0.4 is 21.7 Å². The van der Waals surface area contributed by atoms with Crippen LogP contribution in [0.1, 0.15) is 63.6 Å². The molecule has 1 amide bonds. The molecule has 0 saturated heterocycles. The van der Waals surface area contributed by atoms with Gasteiger partial charge in [0.1, 0.15) is 0 Å². The summed E-state index contributed by atoms with van der Waals surface area (Å²) < 4.78 is 2.07. The van der Waals surface area contributed by atoms with E-state index in [9.17, 15) is 4.79 Å². The average Bonchev–Trinajstić information content (AvgIpc) is 3.37. The van der Waals surface area contributed by atoms with Gasteiger partial charge in [-0.1, -0.05) is 42.5 Å². The highest BCUT2D eigenvalue weighted by Gasteiger charge is 2.23. The molecule has 0 aliphatic heterocycles. The van der Waals surface area contributed by atoms with Crippen LogP contribution in [0.25, 0.3) is 22.3 Å². The molecule has 0 spiro atoms. The van der Waals surface area contributed by atoms with E-state index in [-0.39, 0.29) is 24.0 Å². The summed E-state index contributed by atoms with van der Waals surface area (Å²) in [6.07, 6.45) is 5.64. The van der Waals surface area contributed by atoms with Crippen molar-refractivity contribution in [2.45, 2.75) is 77.7 Å². The number of amides is 1. The fourth-order valence-electron chi connectivity index (χ4n) is 5.21. The Hall–Kier alpha value is -3.98. The van der Waals surface area contributed by atoms with Crippen molar-refractivity contribution in [3.05, 3.63) is 66.0 Å². The van der Waals surface area contributed by atoms with Gasteiger partial charge in [0.25, 0.3) is 0 Å². The molecule has 0 unspecified atom stereocenters. The second-order valence-corrected chi connectivity index (χ2v) is 10.7. The van der Waals surface area contributed by atoms with Crippen molar-refractivity contribution >= 4 is 28.8 Å². The highest BCUT2D eigenvalue weighted by atomic mass is 16.1. The Labute approximate surface area is 229 Å². The van der Waals surface area contributed by atoms with Crippen LogP contribution in [0.3, 0.4) is 0 Å². The summed E-state index contributed by atoms with van der Waals surface area (Å²) in [5, 5.41) is 10.1. The molecule has 5 rings (SSSR count). The van der Waals surface area contributed by atoms with Crippen molar-refractivity contribution in [3.63, 3.8) is 0 Å². The number of hydrogen-bond acceptors (Lipinski definition) is 7. The Kier molecular flexibility index (Phi) is 8.07. The first kappa shape index (κ1) is 26.6. The van der Waals surface area contributed by atoms with Crippen molar-refractivity contribution in [2.24, 2.45) is 5.73 Å². The van der Waals surface area contributed by atoms with Gasteiger partial charge in [0.05, 0.1) is 6.33 Å². The van der Waals surface area contributed by atoms with Gasteiger partial charge in [-0.25, -0.2) is 4.98 Å². The number of imidazole rings is 1. The van der Waals surface area contributed by atoms with Crippen LogP contribution in [0.5, 0.6) is 0 Å². The van der Waals surface area contributed by atoms with E-state index < -0.39 is 0 Å². The molecule has 39 heavy (non-hydrogen) atoms. The minimum absolute atomic E-state index is 0.0355. The maximum absolute atomic E-state index is 11.4. The van der Waals surface area contributed by atoms with Crippen LogP contribution in [0.4, 0.5) is 11.8 Å². The van der Waals surface area contributed by atoms with Crippen LogP contribution in [0.15, 0.2) is 54.9 Å². The molecule has 0 atom stereocenters. The lowest BCUT2D eigenvalue weighted by molar-refractivity contribution is -0.119. The van der Waals surface area contributed by atoms with Gasteiger partial charge in [-0.15, -0.1) is 0 Å². The molecule has 1 aliphatic rings. The van der Waals surface area contributed by atoms with Gasteiger partial charge in [0.15, 0.2) is 17.0 Å². The van der Waals surface area contributed by atoms with Crippen LogP contribution in [0.2, 0.25) is 0 Å². The number of carbonyl (C=O) groups excluding carboxylic acids is 1. The van der Waals surface area contributed by atoms with E-state index in [4.69, 9.17) is 15.7 Å². The first-order chi connectivity index (χ1) is 18.9. The van der Waals surface area contributed by atoms with Gasteiger partial charge in [-0.2, -0.15) is 9.97 Å². The first-order valence-electron chi connectivity index (χ1n) is 13.8. The van der Waals surface area contributed by atoms with Crippen LogP contribution in [0, 0.1) is 0 Å². The van der Waals surface area contributed by atoms with Crippen molar-refractivity contribution in [3.8, 4) is 11.1 Å². The molecule has 4 aromatic rings. The fraction of sp³-hybridized carbons (Fsp3) is 0.400. The van der Waals surface area contributed by atoms with Crippen molar-refractivity contribution in [2.75, 3.05) is 10.6 Å². The van der Waals surface area contributed by atoms with Gasteiger partial charge in [0.2, 0.25) is 11.9 Å². The number of nitrogens with two attached hydrogens (primary N) is 1. The third-order valence-corrected chi connectivity index (χ3v) is 7.36. The summed E-state index contributed by atoms with van der Waals surface area (Å²) in [5.74, 6) is 1.35. The van der Waals surface area contributed by atoms with Gasteiger partial charge in [0, 0.05) is 38.1 Å². The molecule has 2 aromatic carbocycles. The zero-order valence-electron chi connectivity index (χ0n) is 22.9. The second-order valence-electron chi connectivity index (χ2n) is 10.7. The van der Waals surface area contributed by atoms with Crippen LogP contribution in [-0.4, -0.2) is 37.5 Å². The zero-order valence-corrected chi connectivity index (χ0v) is 22.9. The predicted molar refractivity (Wildman–Crippen MR) is 156 cm³/mol. The molecule has 0 bridgehead atoms. The van der Waals surface area contributed by atoms with Crippen molar-refractivity contribution in [1.82, 2.24) is 24.8 Å². The summed E-state index contributed by atoms with van der Waals surface area (Å²) in [6.45, 7) is 6.97. The smallest absolute Gasteiger partial charge is 0.227 e. The predicted octanol–water partition coefficient (Wildman–Crippen LogP) is 5.00. The number of hydrogen-bond donors (Lipinski definition) is 4. The molecule has 204 valence electrons. The van der Waals surface area contributed by atoms with Gasteiger partial charge >= 0.3 is 0 Å². The van der Waals surface area contributed by atoms with Gasteiger partial charge < -0.3 is 26.3 Å². The van der Waals surface area contributed by atoms with Crippen LogP contribution in [-0.2, 0) is 17.9 Å². The number of nitrogens with one attached hydrogen (secondary N) is 3. The molecule has 0 radical (unpaired) electrons. The fourth-order valence-corrected chi connectivity index (χ4v) is 5.21. The summed E-state index contributed by atoms with van der Waals surface area (Å²) in [4.78, 5) is 25.8. The third-order valence-electron chi connectivity index (χ3n) is 7.36. The quantitative estimate of drug-likeness (QED) is 0.242. The Morgan fingerprint density at radius 1 is 1.00 bits per heavy atom. The summed E-state index contributed by atoms with van der Waals surface area (Å²) in [6, 6.07) is 17.6. The maximum atomic E-state index is 11.4. The Balaban J connectivity index is 1.32. The van der Waals surface area contributed by atoms with E-state index in [2.05, 4.69) is 75.7 Å². The minimum atomic E-state index is 0.0355. The van der Waals surface area contributed by atoms with E-state index >= 15 is 0 Å². The van der Waals surface area contributed by atoms with E-state index in [0.29, 0.717) is 24.9 Å².